The first-order valence-electron chi connectivity index (χ1n) is 7.97. The van der Waals surface area contributed by atoms with Crippen LogP contribution in [0.1, 0.15) is 28.4 Å². The molecule has 2 aromatic carbocycles. The molecule has 2 rings (SSSR count). The summed E-state index contributed by atoms with van der Waals surface area (Å²) in [6.07, 6.45) is -0.863. The Morgan fingerprint density at radius 2 is 1.89 bits per heavy atom. The van der Waals surface area contributed by atoms with Gasteiger partial charge in [-0.15, -0.1) is 0 Å². The molecule has 0 bridgehead atoms. The SMILES string of the molecule is Cc1cccc(OC(C)C(=O)NNC(=O)c2ccc([N+](=O)[O-])cc2Cl)c1C. The third kappa shape index (κ3) is 4.95. The van der Waals surface area contributed by atoms with Crippen LogP contribution >= 0.6 is 11.6 Å². The number of amides is 2. The number of hydrogen-bond donors (Lipinski definition) is 2. The fourth-order valence-corrected chi connectivity index (χ4v) is 2.45. The Labute approximate surface area is 160 Å². The summed E-state index contributed by atoms with van der Waals surface area (Å²) in [6.45, 7) is 5.36. The molecule has 0 aromatic heterocycles. The predicted octanol–water partition coefficient (Wildman–Crippen LogP) is 3.09. The van der Waals surface area contributed by atoms with E-state index in [1.165, 1.54) is 6.07 Å². The number of nitrogens with zero attached hydrogens (tertiary/aromatic N) is 1. The third-order valence-corrected chi connectivity index (χ3v) is 4.25. The minimum Gasteiger partial charge on any atom is -0.481 e. The van der Waals surface area contributed by atoms with E-state index in [9.17, 15) is 19.7 Å². The third-order valence-electron chi connectivity index (χ3n) is 3.94. The van der Waals surface area contributed by atoms with Gasteiger partial charge in [0.05, 0.1) is 15.5 Å². The highest BCUT2D eigenvalue weighted by Crippen LogP contribution is 2.23. The van der Waals surface area contributed by atoms with Gasteiger partial charge >= 0.3 is 0 Å². The lowest BCUT2D eigenvalue weighted by Crippen LogP contribution is -2.47. The molecule has 142 valence electrons. The van der Waals surface area contributed by atoms with E-state index in [-0.39, 0.29) is 16.3 Å². The number of nitro benzene ring substituents is 1. The summed E-state index contributed by atoms with van der Waals surface area (Å²) in [5.74, 6) is -0.702. The van der Waals surface area contributed by atoms with Crippen LogP contribution < -0.4 is 15.6 Å². The van der Waals surface area contributed by atoms with Gasteiger partial charge in [0.25, 0.3) is 17.5 Å². The zero-order valence-electron chi connectivity index (χ0n) is 14.9. The smallest absolute Gasteiger partial charge is 0.279 e. The van der Waals surface area contributed by atoms with Gasteiger partial charge in [0, 0.05) is 12.1 Å². The van der Waals surface area contributed by atoms with Crippen molar-refractivity contribution in [3.63, 3.8) is 0 Å². The average molecular weight is 392 g/mol. The molecule has 0 aliphatic rings. The minimum atomic E-state index is -0.863. The summed E-state index contributed by atoms with van der Waals surface area (Å²) in [5, 5.41) is 10.6. The van der Waals surface area contributed by atoms with Crippen LogP contribution in [-0.2, 0) is 4.79 Å². The van der Waals surface area contributed by atoms with Crippen molar-refractivity contribution in [3.05, 3.63) is 68.2 Å². The van der Waals surface area contributed by atoms with Crippen molar-refractivity contribution in [1.29, 1.82) is 0 Å². The number of rotatable bonds is 5. The van der Waals surface area contributed by atoms with Crippen LogP contribution in [0.15, 0.2) is 36.4 Å². The molecule has 2 aromatic rings. The highest BCUT2D eigenvalue weighted by molar-refractivity contribution is 6.34. The van der Waals surface area contributed by atoms with Gasteiger partial charge in [-0.25, -0.2) is 0 Å². The molecular formula is C18H18ClN3O5. The number of hydrogen-bond acceptors (Lipinski definition) is 5. The summed E-state index contributed by atoms with van der Waals surface area (Å²) in [5.41, 5.74) is 6.15. The number of nitrogens with one attached hydrogen (secondary N) is 2. The summed E-state index contributed by atoms with van der Waals surface area (Å²) >= 11 is 5.88. The fourth-order valence-electron chi connectivity index (χ4n) is 2.18. The molecule has 0 saturated carbocycles. The molecule has 1 atom stereocenters. The topological polar surface area (TPSA) is 111 Å². The molecule has 0 saturated heterocycles. The quantitative estimate of drug-likeness (QED) is 0.601. The summed E-state index contributed by atoms with van der Waals surface area (Å²) in [6, 6.07) is 8.92. The van der Waals surface area contributed by atoms with Crippen molar-refractivity contribution >= 4 is 29.1 Å². The van der Waals surface area contributed by atoms with Gasteiger partial charge in [0.2, 0.25) is 0 Å². The molecule has 2 amide bonds. The molecule has 8 nitrogen and oxygen atoms in total. The van der Waals surface area contributed by atoms with Gasteiger partial charge in [-0.2, -0.15) is 0 Å². The van der Waals surface area contributed by atoms with Crippen molar-refractivity contribution in [2.45, 2.75) is 26.9 Å². The first-order chi connectivity index (χ1) is 12.7. The Kier molecular flexibility index (Phi) is 6.36. The molecule has 27 heavy (non-hydrogen) atoms. The molecule has 0 heterocycles. The number of hydrazine groups is 1. The van der Waals surface area contributed by atoms with E-state index in [0.29, 0.717) is 5.75 Å². The number of halogens is 1. The number of carbonyl (C=O) groups excluding carboxylic acids is 2. The molecule has 0 radical (unpaired) electrons. The summed E-state index contributed by atoms with van der Waals surface area (Å²) in [4.78, 5) is 34.3. The molecule has 9 heteroatoms. The minimum absolute atomic E-state index is 0.00864. The number of ether oxygens (including phenoxy) is 1. The van der Waals surface area contributed by atoms with Crippen LogP contribution in [-0.4, -0.2) is 22.8 Å². The van der Waals surface area contributed by atoms with Gasteiger partial charge in [-0.1, -0.05) is 23.7 Å². The van der Waals surface area contributed by atoms with E-state index < -0.39 is 22.8 Å². The molecule has 0 aliphatic heterocycles. The molecule has 0 fully saturated rings. The van der Waals surface area contributed by atoms with Crippen LogP contribution in [0.2, 0.25) is 5.02 Å². The van der Waals surface area contributed by atoms with E-state index in [4.69, 9.17) is 16.3 Å². The maximum Gasteiger partial charge on any atom is 0.279 e. The van der Waals surface area contributed by atoms with E-state index >= 15 is 0 Å². The standard InChI is InChI=1S/C18H18ClN3O5/c1-10-5-4-6-16(11(10)2)27-12(3)17(23)20-21-18(24)14-8-7-13(22(25)26)9-15(14)19/h4-9,12H,1-3H3,(H,20,23)(H,21,24). The van der Waals surface area contributed by atoms with E-state index in [1.807, 2.05) is 26.0 Å². The Hall–Kier alpha value is -3.13. The van der Waals surface area contributed by atoms with Gasteiger partial charge in [-0.3, -0.25) is 30.6 Å². The summed E-state index contributed by atoms with van der Waals surface area (Å²) in [7, 11) is 0. The normalized spacial score (nSPS) is 11.4. The van der Waals surface area contributed by atoms with E-state index in [0.717, 1.165) is 23.3 Å². The van der Waals surface area contributed by atoms with E-state index in [1.54, 1.807) is 13.0 Å². The zero-order valence-corrected chi connectivity index (χ0v) is 15.7. The Morgan fingerprint density at radius 1 is 1.19 bits per heavy atom. The number of nitro groups is 1. The number of non-ortho nitro benzene ring substituents is 1. The lowest BCUT2D eigenvalue weighted by atomic mass is 10.1. The predicted molar refractivity (Wildman–Crippen MR) is 99.7 cm³/mol. The second kappa shape index (κ2) is 8.50. The zero-order chi connectivity index (χ0) is 20.1. The van der Waals surface area contributed by atoms with Crippen LogP contribution in [0, 0.1) is 24.0 Å². The van der Waals surface area contributed by atoms with Crippen LogP contribution in [0.4, 0.5) is 5.69 Å². The largest absolute Gasteiger partial charge is 0.481 e. The second-order valence-electron chi connectivity index (χ2n) is 5.82. The second-order valence-corrected chi connectivity index (χ2v) is 6.23. The fraction of sp³-hybridized carbons (Fsp3) is 0.222. The lowest BCUT2D eigenvalue weighted by molar-refractivity contribution is -0.384. The molecule has 0 spiro atoms. The van der Waals surface area contributed by atoms with Crippen molar-refractivity contribution in [2.24, 2.45) is 0 Å². The first kappa shape index (κ1) is 20.2. The van der Waals surface area contributed by atoms with Gasteiger partial charge in [0.1, 0.15) is 5.75 Å². The van der Waals surface area contributed by atoms with Gasteiger partial charge < -0.3 is 4.74 Å². The monoisotopic (exact) mass is 391 g/mol. The van der Waals surface area contributed by atoms with Crippen LogP contribution in [0.3, 0.4) is 0 Å². The highest BCUT2D eigenvalue weighted by Gasteiger charge is 2.19. The van der Waals surface area contributed by atoms with Crippen molar-refractivity contribution in [1.82, 2.24) is 10.9 Å². The number of benzene rings is 2. The van der Waals surface area contributed by atoms with E-state index in [2.05, 4.69) is 10.9 Å². The number of carbonyl (C=O) groups is 2. The van der Waals surface area contributed by atoms with Crippen molar-refractivity contribution in [2.75, 3.05) is 0 Å². The molecule has 2 N–H and O–H groups in total. The van der Waals surface area contributed by atoms with Gasteiger partial charge in [-0.05, 0) is 44.0 Å². The average Bonchev–Trinajstić information content (AvgIpc) is 2.62. The van der Waals surface area contributed by atoms with Gasteiger partial charge in [0.15, 0.2) is 6.10 Å². The molecule has 0 aliphatic carbocycles. The van der Waals surface area contributed by atoms with Crippen LogP contribution in [0.5, 0.6) is 5.75 Å². The first-order valence-corrected chi connectivity index (χ1v) is 8.35. The summed E-state index contributed by atoms with van der Waals surface area (Å²) < 4.78 is 5.63. The lowest BCUT2D eigenvalue weighted by Gasteiger charge is -2.17. The van der Waals surface area contributed by atoms with Crippen molar-refractivity contribution < 1.29 is 19.2 Å². The Bertz CT molecular complexity index is 901. The maximum absolute atomic E-state index is 12.1. The Balaban J connectivity index is 1.97. The molecule has 1 unspecified atom stereocenters. The van der Waals surface area contributed by atoms with Crippen molar-refractivity contribution in [3.8, 4) is 5.75 Å². The maximum atomic E-state index is 12.1. The van der Waals surface area contributed by atoms with Crippen LogP contribution in [0.25, 0.3) is 0 Å². The highest BCUT2D eigenvalue weighted by atomic mass is 35.5. The molecular weight excluding hydrogens is 374 g/mol. The number of aryl methyl sites for hydroxylation is 1. The Morgan fingerprint density at radius 3 is 2.52 bits per heavy atom.